The number of hydrogen-bond donors (Lipinski definition) is 2. The Kier molecular flexibility index (Phi) is 4.83. The minimum Gasteiger partial charge on any atom is -0.373 e. The Morgan fingerprint density at radius 3 is 2.78 bits per heavy atom. The molecule has 4 heteroatoms. The van der Waals surface area contributed by atoms with Crippen molar-refractivity contribution in [1.82, 2.24) is 15.5 Å². The molecule has 1 saturated heterocycles. The van der Waals surface area contributed by atoms with Crippen molar-refractivity contribution in [3.05, 3.63) is 53.3 Å². The van der Waals surface area contributed by atoms with Gasteiger partial charge < -0.3 is 10.1 Å². The molecule has 0 aliphatic carbocycles. The maximum absolute atomic E-state index is 5.96. The van der Waals surface area contributed by atoms with Crippen molar-refractivity contribution in [2.75, 3.05) is 13.2 Å². The first kappa shape index (κ1) is 16.2. The van der Waals surface area contributed by atoms with Gasteiger partial charge >= 0.3 is 0 Å². The normalized spacial score (nSPS) is 21.7. The number of nitrogens with zero attached hydrogens (tertiary/aromatic N) is 1. The van der Waals surface area contributed by atoms with Gasteiger partial charge in [0.25, 0.3) is 0 Å². The van der Waals surface area contributed by atoms with Crippen LogP contribution in [0.4, 0.5) is 0 Å². The summed E-state index contributed by atoms with van der Waals surface area (Å²) in [4.78, 5) is 0. The summed E-state index contributed by atoms with van der Waals surface area (Å²) in [6, 6.07) is 10.6. The lowest BCUT2D eigenvalue weighted by molar-refractivity contribution is 0.0904. The Balaban J connectivity index is 1.58. The van der Waals surface area contributed by atoms with Crippen molar-refractivity contribution in [1.29, 1.82) is 0 Å². The van der Waals surface area contributed by atoms with Crippen LogP contribution in [0.2, 0.25) is 0 Å². The van der Waals surface area contributed by atoms with E-state index in [2.05, 4.69) is 66.6 Å². The van der Waals surface area contributed by atoms with Crippen molar-refractivity contribution in [2.24, 2.45) is 5.92 Å². The summed E-state index contributed by atoms with van der Waals surface area (Å²) < 4.78 is 5.96. The van der Waals surface area contributed by atoms with Gasteiger partial charge in [0.05, 0.1) is 12.3 Å². The zero-order valence-electron chi connectivity index (χ0n) is 14.3. The molecule has 2 aromatic rings. The third kappa shape index (κ3) is 3.82. The smallest absolute Gasteiger partial charge is 0.0866 e. The molecule has 4 nitrogen and oxygen atoms in total. The van der Waals surface area contributed by atoms with Gasteiger partial charge in [-0.2, -0.15) is 5.10 Å². The second kappa shape index (κ2) is 6.85. The van der Waals surface area contributed by atoms with E-state index < -0.39 is 0 Å². The number of ether oxygens (including phenoxy) is 1. The number of hydrogen-bond acceptors (Lipinski definition) is 3. The van der Waals surface area contributed by atoms with E-state index in [-0.39, 0.29) is 11.5 Å². The van der Waals surface area contributed by atoms with Gasteiger partial charge in [-0.25, -0.2) is 0 Å². The molecule has 1 fully saturated rings. The van der Waals surface area contributed by atoms with Gasteiger partial charge in [0.15, 0.2) is 0 Å². The maximum atomic E-state index is 5.96. The quantitative estimate of drug-likeness (QED) is 0.887. The third-order valence-electron chi connectivity index (χ3n) is 4.53. The molecule has 0 spiro atoms. The lowest BCUT2D eigenvalue weighted by atomic mass is 9.89. The summed E-state index contributed by atoms with van der Waals surface area (Å²) in [5.41, 5.74) is 3.85. The van der Waals surface area contributed by atoms with E-state index >= 15 is 0 Å². The first-order valence-corrected chi connectivity index (χ1v) is 8.45. The van der Waals surface area contributed by atoms with Gasteiger partial charge in [-0.15, -0.1) is 0 Å². The summed E-state index contributed by atoms with van der Waals surface area (Å²) in [7, 11) is 0. The predicted octanol–water partition coefficient (Wildman–Crippen LogP) is 3.57. The van der Waals surface area contributed by atoms with Crippen molar-refractivity contribution in [3.8, 4) is 0 Å². The number of rotatable bonds is 5. The average molecular weight is 313 g/mol. The van der Waals surface area contributed by atoms with Crippen molar-refractivity contribution in [3.63, 3.8) is 0 Å². The molecule has 0 radical (unpaired) electrons. The lowest BCUT2D eigenvalue weighted by Crippen LogP contribution is -2.26. The molecule has 2 N–H and O–H groups in total. The SMILES string of the molecule is CC(C)(C)c1[nH]ncc1CNC[C@H]1CCO[C@@H]1c1ccccc1. The Morgan fingerprint density at radius 1 is 1.26 bits per heavy atom. The standard InChI is InChI=1S/C19H27N3O/c1-19(2,3)18-16(13-21-22-18)12-20-11-15-9-10-23-17(15)14-7-5-4-6-8-14/h4-8,13,15,17,20H,9-12H2,1-3H3,(H,21,22)/t15-,17-/m1/s1. The van der Waals surface area contributed by atoms with E-state index in [0.717, 1.165) is 26.1 Å². The Hall–Kier alpha value is -1.65. The van der Waals surface area contributed by atoms with Gasteiger partial charge in [0.1, 0.15) is 0 Å². The fourth-order valence-electron chi connectivity index (χ4n) is 3.34. The fraction of sp³-hybridized carbons (Fsp3) is 0.526. The molecule has 1 aliphatic heterocycles. The monoisotopic (exact) mass is 313 g/mol. The fourth-order valence-corrected chi connectivity index (χ4v) is 3.34. The van der Waals surface area contributed by atoms with Crippen LogP contribution in [0.3, 0.4) is 0 Å². The summed E-state index contributed by atoms with van der Waals surface area (Å²) >= 11 is 0. The van der Waals surface area contributed by atoms with E-state index in [0.29, 0.717) is 5.92 Å². The molecule has 1 aliphatic rings. The Bertz CT molecular complexity index is 615. The molecule has 3 rings (SSSR count). The summed E-state index contributed by atoms with van der Waals surface area (Å²) in [5, 5.41) is 11.0. The molecule has 1 aromatic heterocycles. The van der Waals surface area contributed by atoms with Gasteiger partial charge in [-0.1, -0.05) is 51.1 Å². The van der Waals surface area contributed by atoms with Crippen LogP contribution in [0.1, 0.15) is 50.1 Å². The number of H-pyrrole nitrogens is 1. The first-order chi connectivity index (χ1) is 11.1. The molecule has 0 unspecified atom stereocenters. The molecule has 2 atom stereocenters. The largest absolute Gasteiger partial charge is 0.373 e. The van der Waals surface area contributed by atoms with Crippen LogP contribution in [0.25, 0.3) is 0 Å². The molecule has 0 amide bonds. The Morgan fingerprint density at radius 2 is 2.04 bits per heavy atom. The van der Waals surface area contributed by atoms with E-state index in [4.69, 9.17) is 4.74 Å². The highest BCUT2D eigenvalue weighted by atomic mass is 16.5. The van der Waals surface area contributed by atoms with Crippen molar-refractivity contribution < 1.29 is 4.74 Å². The zero-order chi connectivity index (χ0) is 16.3. The molecule has 0 saturated carbocycles. The second-order valence-corrected chi connectivity index (χ2v) is 7.40. The highest BCUT2D eigenvalue weighted by Crippen LogP contribution is 2.34. The third-order valence-corrected chi connectivity index (χ3v) is 4.53. The molecule has 124 valence electrons. The van der Waals surface area contributed by atoms with Crippen LogP contribution < -0.4 is 5.32 Å². The van der Waals surface area contributed by atoms with E-state index in [9.17, 15) is 0 Å². The Labute approximate surface area is 138 Å². The van der Waals surface area contributed by atoms with E-state index in [1.807, 2.05) is 6.20 Å². The maximum Gasteiger partial charge on any atom is 0.0866 e. The molecule has 23 heavy (non-hydrogen) atoms. The average Bonchev–Trinajstić information content (AvgIpc) is 3.17. The first-order valence-electron chi connectivity index (χ1n) is 8.45. The zero-order valence-corrected chi connectivity index (χ0v) is 14.3. The number of aromatic nitrogens is 2. The van der Waals surface area contributed by atoms with Gasteiger partial charge in [0.2, 0.25) is 0 Å². The summed E-state index contributed by atoms with van der Waals surface area (Å²) in [6.45, 7) is 9.29. The van der Waals surface area contributed by atoms with Crippen LogP contribution in [0.5, 0.6) is 0 Å². The lowest BCUT2D eigenvalue weighted by Gasteiger charge is -2.21. The van der Waals surface area contributed by atoms with E-state index in [1.165, 1.54) is 16.8 Å². The molecule has 1 aromatic carbocycles. The predicted molar refractivity (Wildman–Crippen MR) is 92.2 cm³/mol. The van der Waals surface area contributed by atoms with Crippen LogP contribution in [-0.4, -0.2) is 23.3 Å². The molecule has 2 heterocycles. The van der Waals surface area contributed by atoms with Gasteiger partial charge in [-0.3, -0.25) is 5.10 Å². The molecular weight excluding hydrogens is 286 g/mol. The number of benzene rings is 1. The summed E-state index contributed by atoms with van der Waals surface area (Å²) in [6.07, 6.45) is 3.27. The topological polar surface area (TPSA) is 49.9 Å². The van der Waals surface area contributed by atoms with Crippen molar-refractivity contribution in [2.45, 2.75) is 45.3 Å². The van der Waals surface area contributed by atoms with Crippen molar-refractivity contribution >= 4 is 0 Å². The van der Waals surface area contributed by atoms with Crippen LogP contribution in [-0.2, 0) is 16.7 Å². The number of nitrogens with one attached hydrogen (secondary N) is 2. The van der Waals surface area contributed by atoms with Crippen LogP contribution in [0.15, 0.2) is 36.5 Å². The van der Waals surface area contributed by atoms with Crippen LogP contribution >= 0.6 is 0 Å². The van der Waals surface area contributed by atoms with Crippen LogP contribution in [0, 0.1) is 5.92 Å². The highest BCUT2D eigenvalue weighted by Gasteiger charge is 2.29. The second-order valence-electron chi connectivity index (χ2n) is 7.40. The minimum absolute atomic E-state index is 0.0938. The number of aromatic amines is 1. The minimum atomic E-state index is 0.0938. The van der Waals surface area contributed by atoms with Gasteiger partial charge in [-0.05, 0) is 12.0 Å². The molecular formula is C19H27N3O. The van der Waals surface area contributed by atoms with E-state index in [1.54, 1.807) is 0 Å². The highest BCUT2D eigenvalue weighted by molar-refractivity contribution is 5.23. The van der Waals surface area contributed by atoms with Gasteiger partial charge in [0, 0.05) is 42.3 Å². The molecule has 0 bridgehead atoms. The summed E-state index contributed by atoms with van der Waals surface area (Å²) in [5.74, 6) is 0.530.